The zero-order valence-electron chi connectivity index (χ0n) is 13.3. The van der Waals surface area contributed by atoms with Crippen molar-refractivity contribution in [2.24, 2.45) is 0 Å². The Morgan fingerprint density at radius 2 is 1.88 bits per heavy atom. The van der Waals surface area contributed by atoms with E-state index in [1.165, 1.54) is 18.2 Å². The van der Waals surface area contributed by atoms with Crippen molar-refractivity contribution in [1.82, 2.24) is 15.0 Å². The van der Waals surface area contributed by atoms with E-state index in [1.54, 1.807) is 6.07 Å². The van der Waals surface area contributed by atoms with Crippen molar-refractivity contribution in [1.29, 1.82) is 5.26 Å². The topological polar surface area (TPSA) is 165 Å². The van der Waals surface area contributed by atoms with Gasteiger partial charge in [-0.15, -0.1) is 5.06 Å². The van der Waals surface area contributed by atoms with E-state index in [9.17, 15) is 19.6 Å². The van der Waals surface area contributed by atoms with E-state index in [4.69, 9.17) is 16.3 Å². The van der Waals surface area contributed by atoms with Crippen LogP contribution in [0.3, 0.4) is 0 Å². The van der Waals surface area contributed by atoms with Crippen LogP contribution in [0.5, 0.6) is 0 Å². The molecule has 1 aromatic heterocycles. The first-order valence-corrected chi connectivity index (χ1v) is 7.42. The number of imide groups is 1. The van der Waals surface area contributed by atoms with Gasteiger partial charge in [-0.1, -0.05) is 12.1 Å². The average molecular weight is 352 g/mol. The maximum Gasteiger partial charge on any atom is 0.363 e. The maximum atomic E-state index is 12.2. The first kappa shape index (κ1) is 16.8. The fourth-order valence-electron chi connectivity index (χ4n) is 2.40. The molecule has 2 amide bonds. The second kappa shape index (κ2) is 6.48. The van der Waals surface area contributed by atoms with Crippen LogP contribution in [0, 0.1) is 11.3 Å². The highest BCUT2D eigenvalue weighted by molar-refractivity contribution is 6.03. The predicted molar refractivity (Wildman–Crippen MR) is 87.5 cm³/mol. The molecule has 0 aliphatic carbocycles. The van der Waals surface area contributed by atoms with Crippen LogP contribution in [-0.4, -0.2) is 32.8 Å². The molecule has 0 saturated carbocycles. The molecular weight excluding hydrogens is 340 g/mol. The minimum atomic E-state index is -0.899. The lowest BCUT2D eigenvalue weighted by atomic mass is 10.0. The van der Waals surface area contributed by atoms with Crippen molar-refractivity contribution in [3.8, 4) is 17.3 Å². The number of nitrogen functional groups attached to an aromatic ring is 2. The third-order valence-electron chi connectivity index (χ3n) is 3.62. The summed E-state index contributed by atoms with van der Waals surface area (Å²) < 4.78 is 0. The lowest BCUT2D eigenvalue weighted by Crippen LogP contribution is -2.32. The number of nitrogens with two attached hydrogens (primary N) is 2. The Kier molecular flexibility index (Phi) is 4.20. The van der Waals surface area contributed by atoms with Crippen LogP contribution in [0.2, 0.25) is 0 Å². The number of carbonyl (C=O) groups excluding carboxylic acids is 3. The zero-order chi connectivity index (χ0) is 18.8. The smallest absolute Gasteiger partial charge is 0.363 e. The van der Waals surface area contributed by atoms with Crippen molar-refractivity contribution in [3.63, 3.8) is 0 Å². The molecule has 1 aromatic carbocycles. The number of carbonyl (C=O) groups is 3. The van der Waals surface area contributed by atoms with Crippen molar-refractivity contribution < 1.29 is 19.2 Å². The van der Waals surface area contributed by atoms with Crippen LogP contribution in [0.15, 0.2) is 24.3 Å². The fraction of sp³-hybridized carbons (Fsp3) is 0.125. The predicted octanol–water partition coefficient (Wildman–Crippen LogP) is 0.400. The van der Waals surface area contributed by atoms with Crippen LogP contribution < -0.4 is 11.5 Å². The van der Waals surface area contributed by atoms with E-state index in [0.717, 1.165) is 0 Å². The summed E-state index contributed by atoms with van der Waals surface area (Å²) in [4.78, 5) is 47.9. The number of benzene rings is 1. The molecular formula is C16H12N6O4. The minimum Gasteiger partial charge on any atom is -0.382 e. The molecule has 2 aromatic rings. The van der Waals surface area contributed by atoms with E-state index in [2.05, 4.69) is 9.97 Å². The van der Waals surface area contributed by atoms with Crippen molar-refractivity contribution >= 4 is 29.5 Å². The van der Waals surface area contributed by atoms with Gasteiger partial charge in [-0.25, -0.2) is 9.78 Å². The number of anilines is 2. The lowest BCUT2D eigenvalue weighted by molar-refractivity contribution is -0.172. The lowest BCUT2D eigenvalue weighted by Gasteiger charge is -2.13. The van der Waals surface area contributed by atoms with Crippen LogP contribution in [0.1, 0.15) is 28.8 Å². The average Bonchev–Trinajstić information content (AvgIpc) is 2.93. The van der Waals surface area contributed by atoms with Crippen molar-refractivity contribution in [2.75, 3.05) is 11.5 Å². The number of hydroxylamine groups is 2. The second-order valence-corrected chi connectivity index (χ2v) is 5.34. The van der Waals surface area contributed by atoms with Crippen molar-refractivity contribution in [2.45, 2.75) is 12.8 Å². The summed E-state index contributed by atoms with van der Waals surface area (Å²) in [7, 11) is 0. The molecule has 2 heterocycles. The third kappa shape index (κ3) is 3.01. The number of nitrogens with zero attached hydrogens (tertiary/aromatic N) is 4. The first-order chi connectivity index (χ1) is 12.4. The molecule has 1 saturated heterocycles. The Balaban J connectivity index is 1.95. The second-order valence-electron chi connectivity index (χ2n) is 5.34. The van der Waals surface area contributed by atoms with Gasteiger partial charge in [0.05, 0.1) is 11.3 Å². The number of nitriles is 1. The van der Waals surface area contributed by atoms with Gasteiger partial charge >= 0.3 is 5.97 Å². The molecule has 10 heteroatoms. The molecule has 1 fully saturated rings. The Morgan fingerprint density at radius 3 is 2.54 bits per heavy atom. The Morgan fingerprint density at radius 1 is 1.19 bits per heavy atom. The highest BCUT2D eigenvalue weighted by Crippen LogP contribution is 2.26. The van der Waals surface area contributed by atoms with E-state index < -0.39 is 17.8 Å². The molecule has 26 heavy (non-hydrogen) atoms. The summed E-state index contributed by atoms with van der Waals surface area (Å²) in [5.74, 6) is -2.27. The van der Waals surface area contributed by atoms with Gasteiger partial charge in [0.15, 0.2) is 0 Å². The third-order valence-corrected chi connectivity index (χ3v) is 3.62. The van der Waals surface area contributed by atoms with E-state index in [1.807, 2.05) is 6.07 Å². The number of hydrogen-bond acceptors (Lipinski definition) is 9. The largest absolute Gasteiger partial charge is 0.382 e. The van der Waals surface area contributed by atoms with Gasteiger partial charge in [-0.2, -0.15) is 10.2 Å². The molecule has 130 valence electrons. The number of rotatable bonds is 3. The van der Waals surface area contributed by atoms with Gasteiger partial charge in [-0.3, -0.25) is 9.59 Å². The number of hydrogen-bond donors (Lipinski definition) is 2. The highest BCUT2D eigenvalue weighted by atomic mass is 16.7. The van der Waals surface area contributed by atoms with Crippen LogP contribution in [-0.2, 0) is 14.4 Å². The van der Waals surface area contributed by atoms with Crippen molar-refractivity contribution in [3.05, 3.63) is 35.4 Å². The molecule has 0 atom stereocenters. The van der Waals surface area contributed by atoms with Crippen LogP contribution in [0.25, 0.3) is 11.3 Å². The summed E-state index contributed by atoms with van der Waals surface area (Å²) in [6.45, 7) is 0. The van der Waals surface area contributed by atoms with E-state index in [-0.39, 0.29) is 41.4 Å². The Labute approximate surface area is 146 Å². The summed E-state index contributed by atoms with van der Waals surface area (Å²) in [5.41, 5.74) is 11.8. The summed E-state index contributed by atoms with van der Waals surface area (Å²) in [6, 6.07) is 7.81. The molecule has 4 N–H and O–H groups in total. The number of aromatic nitrogens is 2. The monoisotopic (exact) mass is 352 g/mol. The number of amides is 2. The van der Waals surface area contributed by atoms with Crippen LogP contribution in [0.4, 0.5) is 11.8 Å². The van der Waals surface area contributed by atoms with Gasteiger partial charge in [0.25, 0.3) is 11.8 Å². The SMILES string of the molecule is N#Cc1c(N)nc(N)nc1-c1cccc(C(=O)ON2C(=O)CCC2=O)c1. The summed E-state index contributed by atoms with van der Waals surface area (Å²) in [5, 5.41) is 9.71. The minimum absolute atomic E-state index is 0.00281. The Bertz CT molecular complexity index is 965. The molecule has 1 aliphatic heterocycles. The normalized spacial score (nSPS) is 13.6. The first-order valence-electron chi connectivity index (χ1n) is 7.42. The van der Waals surface area contributed by atoms with Gasteiger partial charge in [0.2, 0.25) is 5.95 Å². The summed E-state index contributed by atoms with van der Waals surface area (Å²) in [6.07, 6.45) is -0.00561. The molecule has 10 nitrogen and oxygen atoms in total. The van der Waals surface area contributed by atoms with E-state index in [0.29, 0.717) is 10.6 Å². The summed E-state index contributed by atoms with van der Waals surface area (Å²) >= 11 is 0. The molecule has 0 unspecified atom stereocenters. The maximum absolute atomic E-state index is 12.2. The fourth-order valence-corrected chi connectivity index (χ4v) is 2.40. The van der Waals surface area contributed by atoms with Gasteiger partial charge < -0.3 is 16.3 Å². The van der Waals surface area contributed by atoms with Gasteiger partial charge in [-0.05, 0) is 12.1 Å². The standard InChI is InChI=1S/C16H12N6O4/c17-7-10-13(20-16(19)21-14(10)18)8-2-1-3-9(6-8)15(25)26-22-11(23)4-5-12(22)24/h1-3,6H,4-5H2,(H4,18,19,20,21). The molecule has 1 aliphatic rings. The van der Waals surface area contributed by atoms with E-state index >= 15 is 0 Å². The molecule has 3 rings (SSSR count). The Hall–Kier alpha value is -4.00. The van der Waals surface area contributed by atoms with Gasteiger partial charge in [0.1, 0.15) is 17.5 Å². The zero-order valence-corrected chi connectivity index (χ0v) is 13.3. The van der Waals surface area contributed by atoms with Gasteiger partial charge in [0, 0.05) is 18.4 Å². The molecule has 0 bridgehead atoms. The molecule has 0 spiro atoms. The van der Waals surface area contributed by atoms with Crippen LogP contribution >= 0.6 is 0 Å². The highest BCUT2D eigenvalue weighted by Gasteiger charge is 2.33. The quantitative estimate of drug-likeness (QED) is 0.743. The molecule has 0 radical (unpaired) electrons.